The third-order valence-corrected chi connectivity index (χ3v) is 3.33. The lowest BCUT2D eigenvalue weighted by Crippen LogP contribution is -1.86. The van der Waals surface area contributed by atoms with Crippen LogP contribution < -0.4 is 11.5 Å². The summed E-state index contributed by atoms with van der Waals surface area (Å²) in [5.74, 6) is 0. The highest BCUT2D eigenvalue weighted by Gasteiger charge is 2.02. The first-order valence-electron chi connectivity index (χ1n) is 6.54. The Morgan fingerprint density at radius 1 is 0.450 bits per heavy atom. The molecule has 4 N–H and O–H groups in total. The molecule has 0 radical (unpaired) electrons. The van der Waals surface area contributed by atoms with Crippen molar-refractivity contribution in [3.05, 3.63) is 72.8 Å². The first kappa shape index (κ1) is 12.3. The number of benzene rings is 3. The molecule has 0 fully saturated rings. The van der Waals surface area contributed by atoms with Gasteiger partial charge in [-0.2, -0.15) is 0 Å². The van der Waals surface area contributed by atoms with Gasteiger partial charge in [-0.25, -0.2) is 0 Å². The van der Waals surface area contributed by atoms with Crippen molar-refractivity contribution < 1.29 is 0 Å². The average molecular weight is 260 g/mol. The third-order valence-electron chi connectivity index (χ3n) is 3.33. The molecule has 2 nitrogen and oxygen atoms in total. The van der Waals surface area contributed by atoms with Crippen molar-refractivity contribution in [1.29, 1.82) is 0 Å². The van der Waals surface area contributed by atoms with Crippen molar-refractivity contribution >= 4 is 11.4 Å². The van der Waals surface area contributed by atoms with Gasteiger partial charge in [-0.15, -0.1) is 0 Å². The lowest BCUT2D eigenvalue weighted by atomic mass is 9.99. The van der Waals surface area contributed by atoms with Crippen molar-refractivity contribution in [3.63, 3.8) is 0 Å². The maximum atomic E-state index is 5.85. The number of nitrogen functional groups attached to an aromatic ring is 2. The number of nitrogens with two attached hydrogens (primary N) is 2. The monoisotopic (exact) mass is 260 g/mol. The Kier molecular flexibility index (Phi) is 3.13. The molecule has 0 aromatic heterocycles. The fourth-order valence-corrected chi connectivity index (χ4v) is 2.27. The van der Waals surface area contributed by atoms with Crippen LogP contribution in [0.2, 0.25) is 0 Å². The lowest BCUT2D eigenvalue weighted by molar-refractivity contribution is 1.58. The minimum atomic E-state index is 0.778. The Morgan fingerprint density at radius 3 is 1.65 bits per heavy atom. The zero-order valence-corrected chi connectivity index (χ0v) is 11.1. The first-order chi connectivity index (χ1) is 9.72. The molecule has 0 saturated carbocycles. The molecule has 20 heavy (non-hydrogen) atoms. The molecular weight excluding hydrogens is 244 g/mol. The van der Waals surface area contributed by atoms with Crippen molar-refractivity contribution in [3.8, 4) is 22.3 Å². The van der Waals surface area contributed by atoms with E-state index in [1.807, 2.05) is 42.5 Å². The van der Waals surface area contributed by atoms with Crippen LogP contribution in [0.5, 0.6) is 0 Å². The van der Waals surface area contributed by atoms with Crippen molar-refractivity contribution in [2.75, 3.05) is 11.5 Å². The largest absolute Gasteiger partial charge is 0.399 e. The molecule has 0 aliphatic heterocycles. The molecule has 0 saturated heterocycles. The third kappa shape index (κ3) is 2.50. The van der Waals surface area contributed by atoms with Crippen molar-refractivity contribution in [2.45, 2.75) is 0 Å². The highest BCUT2D eigenvalue weighted by molar-refractivity contribution is 5.75. The Balaban J connectivity index is 2.03. The molecule has 0 aliphatic rings. The number of rotatable bonds is 2. The van der Waals surface area contributed by atoms with Crippen molar-refractivity contribution in [1.82, 2.24) is 0 Å². The Hall–Kier alpha value is -2.74. The molecule has 0 spiro atoms. The average Bonchev–Trinajstić information content (AvgIpc) is 2.48. The van der Waals surface area contributed by atoms with Gasteiger partial charge in [-0.1, -0.05) is 42.5 Å². The van der Waals surface area contributed by atoms with Crippen LogP contribution in [0.15, 0.2) is 72.8 Å². The van der Waals surface area contributed by atoms with Crippen LogP contribution in [0.1, 0.15) is 0 Å². The summed E-state index contributed by atoms with van der Waals surface area (Å²) in [6, 6.07) is 24.3. The van der Waals surface area contributed by atoms with E-state index in [-0.39, 0.29) is 0 Å². The Bertz CT molecular complexity index is 730. The fourth-order valence-electron chi connectivity index (χ4n) is 2.27. The highest BCUT2D eigenvalue weighted by atomic mass is 14.5. The molecule has 0 aliphatic carbocycles. The van der Waals surface area contributed by atoms with Gasteiger partial charge < -0.3 is 11.5 Å². The van der Waals surface area contributed by atoms with Crippen LogP contribution >= 0.6 is 0 Å². The van der Waals surface area contributed by atoms with Gasteiger partial charge in [0.1, 0.15) is 0 Å². The van der Waals surface area contributed by atoms with Crippen LogP contribution in [0.4, 0.5) is 11.4 Å². The Labute approximate surface area is 118 Å². The van der Waals surface area contributed by atoms with E-state index >= 15 is 0 Å². The van der Waals surface area contributed by atoms with Gasteiger partial charge in [0.05, 0.1) is 0 Å². The predicted octanol–water partition coefficient (Wildman–Crippen LogP) is 4.19. The van der Waals surface area contributed by atoms with E-state index in [0.29, 0.717) is 0 Å². The molecule has 3 aromatic carbocycles. The molecule has 0 heterocycles. The summed E-state index contributed by atoms with van der Waals surface area (Å²) in [4.78, 5) is 0. The maximum absolute atomic E-state index is 5.85. The standard InChI is InChI=1S/C18H16N2/c19-17-9-7-13(8-10-17)14-3-1-4-15(11-14)16-5-2-6-18(20)12-16/h1-12H,19-20H2. The zero-order chi connectivity index (χ0) is 13.9. The molecule has 98 valence electrons. The smallest absolute Gasteiger partial charge is 0.0320 e. The molecule has 0 bridgehead atoms. The fraction of sp³-hybridized carbons (Fsp3) is 0. The number of anilines is 2. The molecule has 2 heteroatoms. The van der Waals surface area contributed by atoms with E-state index in [1.165, 1.54) is 5.56 Å². The van der Waals surface area contributed by atoms with Crippen molar-refractivity contribution in [2.24, 2.45) is 0 Å². The molecule has 0 atom stereocenters. The van der Waals surface area contributed by atoms with E-state index in [4.69, 9.17) is 11.5 Å². The summed E-state index contributed by atoms with van der Waals surface area (Å²) >= 11 is 0. The van der Waals surface area contributed by atoms with E-state index in [9.17, 15) is 0 Å². The van der Waals surface area contributed by atoms with E-state index in [0.717, 1.165) is 28.1 Å². The second-order valence-electron chi connectivity index (χ2n) is 4.83. The minimum Gasteiger partial charge on any atom is -0.399 e. The highest BCUT2D eigenvalue weighted by Crippen LogP contribution is 2.27. The molecule has 3 aromatic rings. The van der Waals surface area contributed by atoms with Crippen LogP contribution in [0.25, 0.3) is 22.3 Å². The topological polar surface area (TPSA) is 52.0 Å². The van der Waals surface area contributed by atoms with Gasteiger partial charge >= 0.3 is 0 Å². The molecular formula is C18H16N2. The SMILES string of the molecule is Nc1ccc(-c2cccc(-c3cccc(N)c3)c2)cc1. The van der Waals surface area contributed by atoms with E-state index in [1.54, 1.807) is 0 Å². The second-order valence-corrected chi connectivity index (χ2v) is 4.83. The summed E-state index contributed by atoms with van der Waals surface area (Å²) < 4.78 is 0. The predicted molar refractivity (Wildman–Crippen MR) is 86.1 cm³/mol. The zero-order valence-electron chi connectivity index (χ0n) is 11.1. The van der Waals surface area contributed by atoms with Gasteiger partial charge in [0.2, 0.25) is 0 Å². The quantitative estimate of drug-likeness (QED) is 0.679. The molecule has 0 amide bonds. The van der Waals surface area contributed by atoms with Gasteiger partial charge in [-0.05, 0) is 52.6 Å². The van der Waals surface area contributed by atoms with Gasteiger partial charge in [-0.3, -0.25) is 0 Å². The number of hydrogen-bond donors (Lipinski definition) is 2. The van der Waals surface area contributed by atoms with Gasteiger partial charge in [0.25, 0.3) is 0 Å². The van der Waals surface area contributed by atoms with E-state index in [2.05, 4.69) is 30.3 Å². The first-order valence-corrected chi connectivity index (χ1v) is 6.54. The van der Waals surface area contributed by atoms with Gasteiger partial charge in [0, 0.05) is 11.4 Å². The summed E-state index contributed by atoms with van der Waals surface area (Å²) in [6.45, 7) is 0. The van der Waals surface area contributed by atoms with E-state index < -0.39 is 0 Å². The summed E-state index contributed by atoms with van der Waals surface area (Å²) in [5, 5.41) is 0. The number of hydrogen-bond acceptors (Lipinski definition) is 2. The maximum Gasteiger partial charge on any atom is 0.0320 e. The minimum absolute atomic E-state index is 0.778. The Morgan fingerprint density at radius 2 is 1.00 bits per heavy atom. The second kappa shape index (κ2) is 5.10. The molecule has 3 rings (SSSR count). The van der Waals surface area contributed by atoms with Crippen LogP contribution in [-0.4, -0.2) is 0 Å². The summed E-state index contributed by atoms with van der Waals surface area (Å²) in [6.07, 6.45) is 0. The van der Waals surface area contributed by atoms with Crippen LogP contribution in [-0.2, 0) is 0 Å². The van der Waals surface area contributed by atoms with Crippen LogP contribution in [0.3, 0.4) is 0 Å². The molecule has 0 unspecified atom stereocenters. The van der Waals surface area contributed by atoms with Gasteiger partial charge in [0.15, 0.2) is 0 Å². The lowest BCUT2D eigenvalue weighted by Gasteiger charge is -2.07. The summed E-state index contributed by atoms with van der Waals surface area (Å²) in [7, 11) is 0. The summed E-state index contributed by atoms with van der Waals surface area (Å²) in [5.41, 5.74) is 17.7. The normalized spacial score (nSPS) is 10.4. The van der Waals surface area contributed by atoms with Crippen LogP contribution in [0, 0.1) is 0 Å².